The Balaban J connectivity index is 1.60. The molecule has 3 N–H and O–H groups in total. The Hall–Kier alpha value is -3.26. The molecule has 3 aromatic rings. The van der Waals surface area contributed by atoms with Crippen LogP contribution in [0.2, 0.25) is 5.02 Å². The van der Waals surface area contributed by atoms with E-state index in [-0.39, 0.29) is 16.7 Å². The number of fused-ring (bicyclic) bond motifs is 1. The van der Waals surface area contributed by atoms with Crippen molar-refractivity contribution in [3.8, 4) is 5.75 Å². The van der Waals surface area contributed by atoms with Crippen LogP contribution in [0.1, 0.15) is 33.9 Å². The first-order valence-corrected chi connectivity index (χ1v) is 9.15. The van der Waals surface area contributed by atoms with Gasteiger partial charge in [0, 0.05) is 16.8 Å². The summed E-state index contributed by atoms with van der Waals surface area (Å²) in [6.07, 6.45) is 3.50. The maximum absolute atomic E-state index is 14.6. The van der Waals surface area contributed by atoms with Gasteiger partial charge in [0.1, 0.15) is 11.6 Å². The predicted octanol–water partition coefficient (Wildman–Crippen LogP) is 4.47. The van der Waals surface area contributed by atoms with E-state index >= 15 is 0 Å². The number of amides is 1. The lowest BCUT2D eigenvalue weighted by molar-refractivity contribution is 0.102. The van der Waals surface area contributed by atoms with Gasteiger partial charge in [-0.15, -0.1) is 0 Å². The van der Waals surface area contributed by atoms with Gasteiger partial charge in [0.05, 0.1) is 23.5 Å². The predicted molar refractivity (Wildman–Crippen MR) is 104 cm³/mol. The molecule has 1 unspecified atom stereocenters. The third kappa shape index (κ3) is 3.84. The van der Waals surface area contributed by atoms with Crippen molar-refractivity contribution >= 4 is 29.1 Å². The zero-order valence-corrected chi connectivity index (χ0v) is 15.7. The molecular formula is C20H15ClF2N4O2. The largest absolute Gasteiger partial charge is 0.505 e. The molecule has 6 nitrogen and oxygen atoms in total. The normalized spacial score (nSPS) is 15.1. The first kappa shape index (κ1) is 19.1. The second-order valence-corrected chi connectivity index (χ2v) is 6.98. The zero-order valence-electron chi connectivity index (χ0n) is 14.9. The Morgan fingerprint density at radius 2 is 1.86 bits per heavy atom. The van der Waals surface area contributed by atoms with E-state index in [0.29, 0.717) is 35.2 Å². The van der Waals surface area contributed by atoms with E-state index in [0.717, 1.165) is 6.07 Å². The molecule has 0 radical (unpaired) electrons. The van der Waals surface area contributed by atoms with Crippen LogP contribution in [-0.2, 0) is 6.42 Å². The highest BCUT2D eigenvalue weighted by Gasteiger charge is 2.30. The molecule has 4 rings (SSSR count). The first-order chi connectivity index (χ1) is 13.9. The fourth-order valence-corrected chi connectivity index (χ4v) is 3.58. The van der Waals surface area contributed by atoms with Crippen LogP contribution in [0.4, 0.5) is 20.4 Å². The molecule has 1 aliphatic carbocycles. The molecule has 0 fully saturated rings. The summed E-state index contributed by atoms with van der Waals surface area (Å²) in [6, 6.07) is 6.12. The van der Waals surface area contributed by atoms with E-state index in [1.807, 2.05) is 0 Å². The number of nitrogens with zero attached hydrogens (tertiary/aromatic N) is 2. The number of nitrogens with one attached hydrogen (secondary N) is 2. The SMILES string of the molecule is O=C(Nc1ccc(F)c(Cl)c1)c1ccc(F)c2c1CCC2Nc1ncc(O)cn1. The topological polar surface area (TPSA) is 87.1 Å². The molecule has 0 spiro atoms. The van der Waals surface area contributed by atoms with E-state index in [2.05, 4.69) is 20.6 Å². The summed E-state index contributed by atoms with van der Waals surface area (Å²) in [4.78, 5) is 20.7. The van der Waals surface area contributed by atoms with E-state index < -0.39 is 23.6 Å². The second kappa shape index (κ2) is 7.63. The van der Waals surface area contributed by atoms with E-state index in [9.17, 15) is 18.7 Å². The molecule has 148 valence electrons. The lowest BCUT2D eigenvalue weighted by Gasteiger charge is -2.16. The quantitative estimate of drug-likeness (QED) is 0.584. The van der Waals surface area contributed by atoms with Gasteiger partial charge in [0.15, 0.2) is 5.75 Å². The number of rotatable bonds is 4. The van der Waals surface area contributed by atoms with Gasteiger partial charge >= 0.3 is 0 Å². The lowest BCUT2D eigenvalue weighted by atomic mass is 10.0. The van der Waals surface area contributed by atoms with Crippen LogP contribution in [0.25, 0.3) is 0 Å². The van der Waals surface area contributed by atoms with Gasteiger partial charge in [-0.25, -0.2) is 18.7 Å². The van der Waals surface area contributed by atoms with Crippen molar-refractivity contribution < 1.29 is 18.7 Å². The molecule has 9 heteroatoms. The van der Waals surface area contributed by atoms with E-state index in [1.54, 1.807) is 0 Å². The molecule has 1 aliphatic rings. The number of hydrogen-bond donors (Lipinski definition) is 3. The van der Waals surface area contributed by atoms with Crippen molar-refractivity contribution in [2.75, 3.05) is 10.6 Å². The van der Waals surface area contributed by atoms with Crippen molar-refractivity contribution in [2.24, 2.45) is 0 Å². The summed E-state index contributed by atoms with van der Waals surface area (Å²) in [5.74, 6) is -1.29. The number of halogens is 3. The number of hydrogen-bond acceptors (Lipinski definition) is 5. The third-order valence-electron chi connectivity index (χ3n) is 4.70. The fraction of sp³-hybridized carbons (Fsp3) is 0.150. The molecule has 0 saturated carbocycles. The summed E-state index contributed by atoms with van der Waals surface area (Å²) in [6.45, 7) is 0. The molecule has 2 aromatic carbocycles. The lowest BCUT2D eigenvalue weighted by Crippen LogP contribution is -2.16. The average Bonchev–Trinajstić information content (AvgIpc) is 3.11. The van der Waals surface area contributed by atoms with E-state index in [4.69, 9.17) is 11.6 Å². The van der Waals surface area contributed by atoms with Gasteiger partial charge in [0.2, 0.25) is 5.95 Å². The number of anilines is 2. The maximum Gasteiger partial charge on any atom is 0.255 e. The minimum absolute atomic E-state index is 0.0755. The van der Waals surface area contributed by atoms with Gasteiger partial charge in [-0.3, -0.25) is 4.79 Å². The molecule has 29 heavy (non-hydrogen) atoms. The summed E-state index contributed by atoms with van der Waals surface area (Å²) in [5.41, 5.74) is 1.64. The summed E-state index contributed by atoms with van der Waals surface area (Å²) in [7, 11) is 0. The van der Waals surface area contributed by atoms with E-state index in [1.165, 1.54) is 36.7 Å². The van der Waals surface area contributed by atoms with Gasteiger partial charge in [0.25, 0.3) is 5.91 Å². The van der Waals surface area contributed by atoms with Crippen LogP contribution in [-0.4, -0.2) is 21.0 Å². The van der Waals surface area contributed by atoms with Crippen molar-refractivity contribution in [3.63, 3.8) is 0 Å². The fourth-order valence-electron chi connectivity index (χ4n) is 3.40. The van der Waals surface area contributed by atoms with Crippen molar-refractivity contribution in [2.45, 2.75) is 18.9 Å². The summed E-state index contributed by atoms with van der Waals surface area (Å²) >= 11 is 5.75. The average molecular weight is 417 g/mol. The number of benzene rings is 2. The molecule has 0 aliphatic heterocycles. The zero-order chi connectivity index (χ0) is 20.5. The molecule has 1 aromatic heterocycles. The van der Waals surface area contributed by atoms with Crippen molar-refractivity contribution in [1.29, 1.82) is 0 Å². The Kier molecular flexibility index (Phi) is 5.02. The van der Waals surface area contributed by atoms with Crippen molar-refractivity contribution in [1.82, 2.24) is 9.97 Å². The maximum atomic E-state index is 14.6. The number of carbonyl (C=O) groups is 1. The summed E-state index contributed by atoms with van der Waals surface area (Å²) in [5, 5.41) is 14.9. The Bertz CT molecular complexity index is 1090. The third-order valence-corrected chi connectivity index (χ3v) is 4.99. The highest BCUT2D eigenvalue weighted by Crippen LogP contribution is 2.37. The highest BCUT2D eigenvalue weighted by molar-refractivity contribution is 6.31. The monoisotopic (exact) mass is 416 g/mol. The van der Waals surface area contributed by atoms with Crippen molar-refractivity contribution in [3.05, 3.63) is 76.1 Å². The molecule has 0 bridgehead atoms. The number of carbonyl (C=O) groups excluding carboxylic acids is 1. The minimum Gasteiger partial charge on any atom is -0.505 e. The molecule has 1 amide bonds. The molecule has 1 heterocycles. The van der Waals surface area contributed by atoms with Crippen LogP contribution in [0, 0.1) is 11.6 Å². The van der Waals surface area contributed by atoms with Gasteiger partial charge in [-0.1, -0.05) is 11.6 Å². The number of aromatic nitrogens is 2. The molecular weight excluding hydrogens is 402 g/mol. The van der Waals surface area contributed by atoms with Gasteiger partial charge in [-0.05, 0) is 48.7 Å². The standard InChI is InChI=1S/C20H15ClF2N4O2/c21-14-7-10(1-4-15(14)22)26-19(29)13-2-5-16(23)18-12(13)3-6-17(18)27-20-24-8-11(28)9-25-20/h1-2,4-5,7-9,17,28H,3,6H2,(H,26,29)(H,24,25,27). The van der Waals surface area contributed by atoms with Gasteiger partial charge < -0.3 is 15.7 Å². The number of aromatic hydroxyl groups is 1. The van der Waals surface area contributed by atoms with Gasteiger partial charge in [-0.2, -0.15) is 0 Å². The van der Waals surface area contributed by atoms with Crippen LogP contribution < -0.4 is 10.6 Å². The Morgan fingerprint density at radius 3 is 2.59 bits per heavy atom. The first-order valence-electron chi connectivity index (χ1n) is 8.77. The Morgan fingerprint density at radius 1 is 1.14 bits per heavy atom. The van der Waals surface area contributed by atoms with Crippen LogP contribution in [0.5, 0.6) is 5.75 Å². The smallest absolute Gasteiger partial charge is 0.255 e. The summed E-state index contributed by atoms with van der Waals surface area (Å²) < 4.78 is 27.9. The van der Waals surface area contributed by atoms with Crippen LogP contribution in [0.15, 0.2) is 42.7 Å². The second-order valence-electron chi connectivity index (χ2n) is 6.57. The van der Waals surface area contributed by atoms with Crippen LogP contribution in [0.3, 0.4) is 0 Å². The minimum atomic E-state index is -0.585. The molecule has 1 atom stereocenters. The van der Waals surface area contributed by atoms with Crippen LogP contribution >= 0.6 is 11.6 Å². The highest BCUT2D eigenvalue weighted by atomic mass is 35.5. The Labute approximate surface area is 169 Å². The molecule has 0 saturated heterocycles.